The third kappa shape index (κ3) is 2.47. The van der Waals surface area contributed by atoms with Crippen LogP contribution in [0.5, 0.6) is 11.5 Å². The van der Waals surface area contributed by atoms with Crippen LogP contribution in [0.3, 0.4) is 0 Å². The number of phenolic OH excluding ortho intramolecular Hbond substituents is 1. The molecule has 1 aromatic rings. The van der Waals surface area contributed by atoms with Gasteiger partial charge in [-0.05, 0) is 63.0 Å². The minimum absolute atomic E-state index is 0.231. The second kappa shape index (κ2) is 4.74. The van der Waals surface area contributed by atoms with E-state index in [0.717, 1.165) is 37.1 Å². The van der Waals surface area contributed by atoms with Gasteiger partial charge in [0.25, 0.3) is 0 Å². The minimum atomic E-state index is 0.231. The van der Waals surface area contributed by atoms with Crippen LogP contribution in [0, 0.1) is 13.8 Å². The molecule has 0 unspecified atom stereocenters. The van der Waals surface area contributed by atoms with Crippen LogP contribution < -0.4 is 10.1 Å². The summed E-state index contributed by atoms with van der Waals surface area (Å²) in [5.41, 5.74) is 2.25. The number of aromatic hydroxyl groups is 1. The number of aryl methyl sites for hydroxylation is 2. The lowest BCUT2D eigenvalue weighted by molar-refractivity contribution is 0.157. The Bertz CT molecular complexity index is 370. The number of nitrogens with one attached hydrogen (secondary N) is 1. The Morgan fingerprint density at radius 3 is 2.50 bits per heavy atom. The monoisotopic (exact) mass is 221 g/mol. The highest BCUT2D eigenvalue weighted by Crippen LogP contribution is 2.30. The summed E-state index contributed by atoms with van der Waals surface area (Å²) in [6.07, 6.45) is 2.24. The zero-order valence-electron chi connectivity index (χ0n) is 9.92. The Kier molecular flexibility index (Phi) is 3.34. The average Bonchev–Trinajstić information content (AvgIpc) is 2.27. The molecule has 3 heteroatoms. The van der Waals surface area contributed by atoms with E-state index in [2.05, 4.69) is 5.32 Å². The van der Waals surface area contributed by atoms with E-state index in [1.165, 1.54) is 0 Å². The van der Waals surface area contributed by atoms with E-state index < -0.39 is 0 Å². The van der Waals surface area contributed by atoms with Gasteiger partial charge in [-0.15, -0.1) is 0 Å². The van der Waals surface area contributed by atoms with E-state index in [4.69, 9.17) is 4.74 Å². The Morgan fingerprint density at radius 2 is 1.81 bits per heavy atom. The van der Waals surface area contributed by atoms with Crippen molar-refractivity contribution in [1.29, 1.82) is 0 Å². The van der Waals surface area contributed by atoms with Crippen LogP contribution in [0.4, 0.5) is 0 Å². The zero-order valence-corrected chi connectivity index (χ0v) is 9.92. The van der Waals surface area contributed by atoms with Gasteiger partial charge in [-0.1, -0.05) is 0 Å². The molecular formula is C13H19NO2. The van der Waals surface area contributed by atoms with Crippen molar-refractivity contribution < 1.29 is 9.84 Å². The third-order valence-electron chi connectivity index (χ3n) is 3.16. The number of piperidine rings is 1. The van der Waals surface area contributed by atoms with E-state index in [-0.39, 0.29) is 11.9 Å². The predicted octanol–water partition coefficient (Wildman–Crippen LogP) is 2.14. The van der Waals surface area contributed by atoms with E-state index in [9.17, 15) is 5.11 Å². The molecule has 3 nitrogen and oxygen atoms in total. The van der Waals surface area contributed by atoms with Gasteiger partial charge in [0.15, 0.2) is 11.5 Å². The smallest absolute Gasteiger partial charge is 0.161 e. The molecule has 88 valence electrons. The number of phenols is 1. The first-order valence-corrected chi connectivity index (χ1v) is 5.84. The lowest BCUT2D eigenvalue weighted by atomic mass is 10.1. The second-order valence-corrected chi connectivity index (χ2v) is 4.47. The second-order valence-electron chi connectivity index (χ2n) is 4.47. The van der Waals surface area contributed by atoms with Crippen molar-refractivity contribution in [2.75, 3.05) is 13.1 Å². The highest BCUT2D eigenvalue weighted by molar-refractivity contribution is 5.45. The van der Waals surface area contributed by atoms with E-state index in [1.807, 2.05) is 19.9 Å². The SMILES string of the molecule is Cc1cc(O)c(OC2CCNCC2)cc1C. The summed E-state index contributed by atoms with van der Waals surface area (Å²) in [7, 11) is 0. The Balaban J connectivity index is 2.11. The van der Waals surface area contributed by atoms with Crippen LogP contribution >= 0.6 is 0 Å². The molecule has 0 saturated carbocycles. The van der Waals surface area contributed by atoms with E-state index in [1.54, 1.807) is 6.07 Å². The van der Waals surface area contributed by atoms with Crippen LogP contribution in [0.15, 0.2) is 12.1 Å². The topological polar surface area (TPSA) is 41.5 Å². The van der Waals surface area contributed by atoms with Gasteiger partial charge >= 0.3 is 0 Å². The highest BCUT2D eigenvalue weighted by Gasteiger charge is 2.16. The van der Waals surface area contributed by atoms with Crippen molar-refractivity contribution in [1.82, 2.24) is 5.32 Å². The molecule has 0 bridgehead atoms. The maximum Gasteiger partial charge on any atom is 0.161 e. The van der Waals surface area contributed by atoms with Gasteiger partial charge < -0.3 is 15.2 Å². The molecule has 0 aromatic heterocycles. The fourth-order valence-electron chi connectivity index (χ4n) is 1.96. The number of hydrogen-bond donors (Lipinski definition) is 2. The van der Waals surface area contributed by atoms with Gasteiger partial charge in [0.2, 0.25) is 0 Å². The molecule has 0 spiro atoms. The molecule has 1 aliphatic rings. The van der Waals surface area contributed by atoms with Crippen LogP contribution in [0.2, 0.25) is 0 Å². The summed E-state index contributed by atoms with van der Waals surface area (Å²) >= 11 is 0. The predicted molar refractivity (Wildman–Crippen MR) is 64.1 cm³/mol. The molecule has 0 atom stereocenters. The van der Waals surface area contributed by atoms with Gasteiger partial charge in [0.05, 0.1) is 0 Å². The molecule has 1 aromatic carbocycles. The highest BCUT2D eigenvalue weighted by atomic mass is 16.5. The first-order valence-electron chi connectivity index (χ1n) is 5.84. The summed E-state index contributed by atoms with van der Waals surface area (Å²) in [6.45, 7) is 6.01. The fraction of sp³-hybridized carbons (Fsp3) is 0.538. The molecule has 1 fully saturated rings. The van der Waals surface area contributed by atoms with E-state index >= 15 is 0 Å². The molecule has 2 N–H and O–H groups in total. The molecule has 0 amide bonds. The van der Waals surface area contributed by atoms with Gasteiger partial charge in [-0.2, -0.15) is 0 Å². The molecular weight excluding hydrogens is 202 g/mol. The van der Waals surface area contributed by atoms with Crippen molar-refractivity contribution >= 4 is 0 Å². The van der Waals surface area contributed by atoms with Crippen molar-refractivity contribution in [3.63, 3.8) is 0 Å². The molecule has 1 heterocycles. The van der Waals surface area contributed by atoms with Crippen molar-refractivity contribution in [2.24, 2.45) is 0 Å². The normalized spacial score (nSPS) is 17.4. The molecule has 0 radical (unpaired) electrons. The van der Waals surface area contributed by atoms with Crippen LogP contribution in [-0.4, -0.2) is 24.3 Å². The van der Waals surface area contributed by atoms with Crippen LogP contribution in [0.1, 0.15) is 24.0 Å². The Labute approximate surface area is 96.4 Å². The molecule has 0 aliphatic carbocycles. The van der Waals surface area contributed by atoms with Crippen molar-refractivity contribution in [2.45, 2.75) is 32.8 Å². The first-order chi connectivity index (χ1) is 7.66. The van der Waals surface area contributed by atoms with Gasteiger partial charge in [0, 0.05) is 0 Å². The van der Waals surface area contributed by atoms with E-state index in [0.29, 0.717) is 5.75 Å². The number of ether oxygens (including phenoxy) is 1. The van der Waals surface area contributed by atoms with Gasteiger partial charge in [0.1, 0.15) is 6.10 Å². The fourth-order valence-corrected chi connectivity index (χ4v) is 1.96. The first kappa shape index (κ1) is 11.3. The summed E-state index contributed by atoms with van der Waals surface area (Å²) in [5.74, 6) is 0.872. The number of rotatable bonds is 2. The third-order valence-corrected chi connectivity index (χ3v) is 3.16. The van der Waals surface area contributed by atoms with Crippen molar-refractivity contribution in [3.05, 3.63) is 23.3 Å². The van der Waals surface area contributed by atoms with Crippen LogP contribution in [0.25, 0.3) is 0 Å². The Morgan fingerprint density at radius 1 is 1.19 bits per heavy atom. The van der Waals surface area contributed by atoms with Gasteiger partial charge in [-0.3, -0.25) is 0 Å². The average molecular weight is 221 g/mol. The molecule has 2 rings (SSSR count). The maximum absolute atomic E-state index is 9.81. The summed E-state index contributed by atoms with van der Waals surface area (Å²) < 4.78 is 5.83. The van der Waals surface area contributed by atoms with Crippen LogP contribution in [-0.2, 0) is 0 Å². The lowest BCUT2D eigenvalue weighted by Crippen LogP contribution is -2.34. The lowest BCUT2D eigenvalue weighted by Gasteiger charge is -2.24. The molecule has 1 aliphatic heterocycles. The summed E-state index contributed by atoms with van der Waals surface area (Å²) in [6, 6.07) is 3.69. The Hall–Kier alpha value is -1.22. The zero-order chi connectivity index (χ0) is 11.5. The van der Waals surface area contributed by atoms with Crippen molar-refractivity contribution in [3.8, 4) is 11.5 Å². The standard InChI is InChI=1S/C13H19NO2/c1-9-7-12(15)13(8-10(9)2)16-11-3-5-14-6-4-11/h7-8,11,14-15H,3-6H2,1-2H3. The minimum Gasteiger partial charge on any atom is -0.504 e. The summed E-state index contributed by atoms with van der Waals surface area (Å²) in [5, 5.41) is 13.1. The number of benzene rings is 1. The maximum atomic E-state index is 9.81. The largest absolute Gasteiger partial charge is 0.504 e. The quantitative estimate of drug-likeness (QED) is 0.804. The number of hydrogen-bond acceptors (Lipinski definition) is 3. The molecule has 16 heavy (non-hydrogen) atoms. The molecule has 1 saturated heterocycles. The van der Waals surface area contributed by atoms with Gasteiger partial charge in [-0.25, -0.2) is 0 Å². The summed E-state index contributed by atoms with van der Waals surface area (Å²) in [4.78, 5) is 0.